The molecule has 1 radical (unpaired) electrons. The standard InChI is InChI=1S/C6H6NS/c1-8-6-4-2-3-5-7-6/h3-5H,1H3. The molecule has 0 N–H and O–H groups in total. The van der Waals surface area contributed by atoms with Crippen LogP contribution in [0.3, 0.4) is 0 Å². The number of rotatable bonds is 1. The molecule has 0 fully saturated rings. The number of hydrogen-bond acceptors (Lipinski definition) is 2. The van der Waals surface area contributed by atoms with Gasteiger partial charge in [0.1, 0.15) is 0 Å². The second kappa shape index (κ2) is 2.72. The van der Waals surface area contributed by atoms with Crippen LogP contribution < -0.4 is 0 Å². The quantitative estimate of drug-likeness (QED) is 0.527. The van der Waals surface area contributed by atoms with Crippen molar-refractivity contribution < 1.29 is 0 Å². The molecule has 1 heterocycles. The molecule has 1 aromatic heterocycles. The number of nitrogens with zero attached hydrogens (tertiary/aromatic N) is 1. The summed E-state index contributed by atoms with van der Waals surface area (Å²) < 4.78 is 0. The van der Waals surface area contributed by atoms with Gasteiger partial charge in [-0.2, -0.15) is 0 Å². The first-order chi connectivity index (χ1) is 3.93. The van der Waals surface area contributed by atoms with Crippen LogP contribution >= 0.6 is 11.8 Å². The van der Waals surface area contributed by atoms with Crippen LogP contribution in [0, 0.1) is 6.07 Å². The third-order valence-electron chi connectivity index (χ3n) is 0.788. The minimum atomic E-state index is 1.02. The van der Waals surface area contributed by atoms with Crippen LogP contribution in [0.5, 0.6) is 0 Å². The maximum atomic E-state index is 4.03. The minimum Gasteiger partial charge on any atom is -0.250 e. The monoisotopic (exact) mass is 124 g/mol. The van der Waals surface area contributed by atoms with Crippen LogP contribution in [0.25, 0.3) is 0 Å². The van der Waals surface area contributed by atoms with Gasteiger partial charge in [0.25, 0.3) is 0 Å². The SMILES string of the molecule is CSc1c[c]ccn1. The van der Waals surface area contributed by atoms with Crippen molar-refractivity contribution in [2.75, 3.05) is 6.26 Å². The van der Waals surface area contributed by atoms with Crippen LogP contribution in [0.15, 0.2) is 23.4 Å². The zero-order valence-corrected chi connectivity index (χ0v) is 5.40. The highest BCUT2D eigenvalue weighted by Crippen LogP contribution is 2.07. The molecule has 0 aliphatic rings. The molecule has 0 aliphatic carbocycles. The molecule has 0 unspecified atom stereocenters. The average molecular weight is 124 g/mol. The summed E-state index contributed by atoms with van der Waals surface area (Å²) in [5.74, 6) is 0. The first-order valence-electron chi connectivity index (χ1n) is 2.29. The molecule has 0 saturated carbocycles. The Morgan fingerprint density at radius 3 is 3.00 bits per heavy atom. The van der Waals surface area contributed by atoms with Gasteiger partial charge in [-0.1, -0.05) is 0 Å². The van der Waals surface area contributed by atoms with E-state index in [4.69, 9.17) is 0 Å². The Labute approximate surface area is 53.1 Å². The Morgan fingerprint density at radius 2 is 2.62 bits per heavy atom. The maximum absolute atomic E-state index is 4.03. The first kappa shape index (κ1) is 5.63. The third-order valence-corrected chi connectivity index (χ3v) is 1.43. The Balaban J connectivity index is 2.83. The van der Waals surface area contributed by atoms with E-state index in [1.165, 1.54) is 0 Å². The highest BCUT2D eigenvalue weighted by atomic mass is 32.2. The zero-order chi connectivity index (χ0) is 5.82. The molecule has 0 aliphatic heterocycles. The summed E-state index contributed by atoms with van der Waals surface area (Å²) in [6.07, 6.45) is 3.74. The van der Waals surface area contributed by atoms with Crippen LogP contribution in [-0.4, -0.2) is 11.2 Å². The van der Waals surface area contributed by atoms with Crippen LogP contribution in [0.4, 0.5) is 0 Å². The van der Waals surface area contributed by atoms with Crippen LogP contribution in [-0.2, 0) is 0 Å². The maximum Gasteiger partial charge on any atom is 0.0963 e. The fourth-order valence-electron chi connectivity index (χ4n) is 0.422. The van der Waals surface area contributed by atoms with E-state index in [0.717, 1.165) is 5.03 Å². The summed E-state index contributed by atoms with van der Waals surface area (Å²) in [5.41, 5.74) is 0. The second-order valence-corrected chi connectivity index (χ2v) is 2.12. The summed E-state index contributed by atoms with van der Waals surface area (Å²) in [5, 5.41) is 1.02. The van der Waals surface area contributed by atoms with E-state index >= 15 is 0 Å². The van der Waals surface area contributed by atoms with Gasteiger partial charge >= 0.3 is 0 Å². The normalized spacial score (nSPS) is 9.12. The number of pyridine rings is 1. The van der Waals surface area contributed by atoms with E-state index in [2.05, 4.69) is 11.1 Å². The van der Waals surface area contributed by atoms with Crippen LogP contribution in [0.1, 0.15) is 0 Å². The highest BCUT2D eigenvalue weighted by molar-refractivity contribution is 7.98. The summed E-state index contributed by atoms with van der Waals surface area (Å²) >= 11 is 1.63. The number of aromatic nitrogens is 1. The van der Waals surface area contributed by atoms with Crippen molar-refractivity contribution in [1.29, 1.82) is 0 Å². The average Bonchev–Trinajstić information content (AvgIpc) is 1.90. The molecular weight excluding hydrogens is 118 g/mol. The summed E-state index contributed by atoms with van der Waals surface area (Å²) in [4.78, 5) is 4.03. The molecule has 8 heavy (non-hydrogen) atoms. The lowest BCUT2D eigenvalue weighted by atomic mass is 10.5. The predicted octanol–water partition coefficient (Wildman–Crippen LogP) is 1.60. The predicted molar refractivity (Wildman–Crippen MR) is 34.9 cm³/mol. The number of hydrogen-bond donors (Lipinski definition) is 0. The molecule has 1 aromatic rings. The molecule has 0 saturated heterocycles. The lowest BCUT2D eigenvalue weighted by molar-refractivity contribution is 1.14. The smallest absolute Gasteiger partial charge is 0.0963 e. The van der Waals surface area contributed by atoms with E-state index < -0.39 is 0 Å². The van der Waals surface area contributed by atoms with Crippen molar-refractivity contribution in [3.05, 3.63) is 24.4 Å². The van der Waals surface area contributed by atoms with Crippen molar-refractivity contribution in [3.8, 4) is 0 Å². The minimum absolute atomic E-state index is 1.02. The zero-order valence-electron chi connectivity index (χ0n) is 4.59. The topological polar surface area (TPSA) is 12.9 Å². The van der Waals surface area contributed by atoms with Crippen molar-refractivity contribution in [2.24, 2.45) is 0 Å². The van der Waals surface area contributed by atoms with Gasteiger partial charge in [-0.15, -0.1) is 11.8 Å². The van der Waals surface area contributed by atoms with Gasteiger partial charge in [-0.25, -0.2) is 4.98 Å². The van der Waals surface area contributed by atoms with Gasteiger partial charge in [0.05, 0.1) is 5.03 Å². The number of thioether (sulfide) groups is 1. The van der Waals surface area contributed by atoms with E-state index in [9.17, 15) is 0 Å². The molecule has 0 spiro atoms. The Morgan fingerprint density at radius 1 is 1.75 bits per heavy atom. The van der Waals surface area contributed by atoms with Gasteiger partial charge in [-0.05, 0) is 24.5 Å². The molecule has 2 heteroatoms. The summed E-state index contributed by atoms with van der Waals surface area (Å²) in [6, 6.07) is 6.59. The highest BCUT2D eigenvalue weighted by Gasteiger charge is 1.82. The van der Waals surface area contributed by atoms with E-state index in [1.807, 2.05) is 12.3 Å². The third kappa shape index (κ3) is 1.23. The van der Waals surface area contributed by atoms with E-state index in [-0.39, 0.29) is 0 Å². The molecular formula is C6H6NS. The van der Waals surface area contributed by atoms with Gasteiger partial charge in [0, 0.05) is 6.20 Å². The lowest BCUT2D eigenvalue weighted by Crippen LogP contribution is -1.72. The fraction of sp³-hybridized carbons (Fsp3) is 0.167. The summed E-state index contributed by atoms with van der Waals surface area (Å²) in [6.45, 7) is 0. The van der Waals surface area contributed by atoms with Gasteiger partial charge < -0.3 is 0 Å². The van der Waals surface area contributed by atoms with Gasteiger partial charge in [-0.3, -0.25) is 0 Å². The molecule has 1 rings (SSSR count). The molecule has 0 amide bonds. The van der Waals surface area contributed by atoms with Crippen molar-refractivity contribution in [2.45, 2.75) is 5.03 Å². The fourth-order valence-corrected chi connectivity index (χ4v) is 0.774. The molecule has 0 bridgehead atoms. The van der Waals surface area contributed by atoms with E-state index in [1.54, 1.807) is 24.0 Å². The van der Waals surface area contributed by atoms with Crippen LogP contribution in [0.2, 0.25) is 0 Å². The molecule has 0 atom stereocenters. The van der Waals surface area contributed by atoms with Crippen molar-refractivity contribution in [3.63, 3.8) is 0 Å². The van der Waals surface area contributed by atoms with Gasteiger partial charge in [0.15, 0.2) is 0 Å². The largest absolute Gasteiger partial charge is 0.250 e. The van der Waals surface area contributed by atoms with E-state index in [0.29, 0.717) is 0 Å². The molecule has 41 valence electrons. The summed E-state index contributed by atoms with van der Waals surface area (Å²) in [7, 11) is 0. The lowest BCUT2D eigenvalue weighted by Gasteiger charge is -1.87. The van der Waals surface area contributed by atoms with Gasteiger partial charge in [0.2, 0.25) is 0 Å². The Kier molecular flexibility index (Phi) is 1.92. The Hall–Kier alpha value is -0.500. The Bertz CT molecular complexity index is 150. The van der Waals surface area contributed by atoms with Crippen molar-refractivity contribution >= 4 is 11.8 Å². The van der Waals surface area contributed by atoms with Crippen molar-refractivity contribution in [1.82, 2.24) is 4.98 Å². The first-order valence-corrected chi connectivity index (χ1v) is 3.52. The molecule has 1 nitrogen and oxygen atoms in total. The second-order valence-electron chi connectivity index (χ2n) is 1.30. The molecule has 0 aromatic carbocycles.